The number of hydrogen-bond donors (Lipinski definition) is 3. The summed E-state index contributed by atoms with van der Waals surface area (Å²) in [5.74, 6) is 1.86. The van der Waals surface area contributed by atoms with Crippen molar-refractivity contribution in [2.24, 2.45) is 5.92 Å². The smallest absolute Gasteiger partial charge is 0.275 e. The van der Waals surface area contributed by atoms with Crippen LogP contribution < -0.4 is 21.1 Å². The zero-order valence-corrected chi connectivity index (χ0v) is 28.8. The van der Waals surface area contributed by atoms with Gasteiger partial charge < -0.3 is 15.5 Å². The second kappa shape index (κ2) is 14.6. The summed E-state index contributed by atoms with van der Waals surface area (Å²) in [5, 5.41) is 11.6. The van der Waals surface area contributed by atoms with Crippen molar-refractivity contribution in [3.63, 3.8) is 0 Å². The minimum Gasteiger partial charge on any atom is -0.362 e. The first-order chi connectivity index (χ1) is 22.8. The molecule has 2 aromatic heterocycles. The lowest BCUT2D eigenvalue weighted by atomic mass is 9.85. The van der Waals surface area contributed by atoms with E-state index in [9.17, 15) is 9.59 Å². The molecule has 0 saturated heterocycles. The van der Waals surface area contributed by atoms with Gasteiger partial charge in [-0.2, -0.15) is 4.98 Å². The molecular weight excluding hydrogens is 654 g/mol. The number of ketones is 1. The quantitative estimate of drug-likeness (QED) is 0.122. The number of para-hydroxylation sites is 2. The molecule has 0 aliphatic heterocycles. The lowest BCUT2D eigenvalue weighted by molar-refractivity contribution is 0.0972. The summed E-state index contributed by atoms with van der Waals surface area (Å²) in [6.07, 6.45) is 4.46. The molecule has 1 unspecified atom stereocenters. The van der Waals surface area contributed by atoms with Crippen LogP contribution in [0.2, 0.25) is 0 Å². The average molecular weight is 697 g/mol. The number of H-pyrrole nitrogens is 1. The number of carbonyl (C=O) groups is 1. The molecule has 0 radical (unpaired) electrons. The van der Waals surface area contributed by atoms with Crippen LogP contribution in [0.4, 0.5) is 11.8 Å². The number of aromatic amines is 1. The fourth-order valence-electron chi connectivity index (χ4n) is 6.67. The van der Waals surface area contributed by atoms with Gasteiger partial charge in [0.1, 0.15) is 5.82 Å². The number of halogens is 1. The van der Waals surface area contributed by atoms with Gasteiger partial charge in [0.25, 0.3) is 5.56 Å². The second-order valence-corrected chi connectivity index (χ2v) is 13.7. The summed E-state index contributed by atoms with van der Waals surface area (Å²) in [6, 6.07) is 25.4. The minimum atomic E-state index is -0.270. The van der Waals surface area contributed by atoms with Crippen LogP contribution in [0.25, 0.3) is 16.6 Å². The van der Waals surface area contributed by atoms with Crippen molar-refractivity contribution >= 4 is 44.4 Å². The summed E-state index contributed by atoms with van der Waals surface area (Å²) in [7, 11) is 4.02. The first-order valence-corrected chi connectivity index (χ1v) is 17.1. The SMILES string of the molecule is Cc1[nH]n(-c2ccccc2)c(=O)c1C(CNCC1CCC(Nc2nc(N(C)C)c3ccccc3n2)CC1)CC(=O)c1ccc(Br)cc1. The zero-order valence-electron chi connectivity index (χ0n) is 27.2. The monoisotopic (exact) mass is 695 g/mol. The Morgan fingerprint density at radius 2 is 1.68 bits per heavy atom. The molecule has 0 spiro atoms. The molecule has 1 saturated carbocycles. The van der Waals surface area contributed by atoms with Gasteiger partial charge in [-0.15, -0.1) is 0 Å². The molecule has 9 nitrogen and oxygen atoms in total. The first-order valence-electron chi connectivity index (χ1n) is 16.3. The number of rotatable bonds is 12. The summed E-state index contributed by atoms with van der Waals surface area (Å²) in [4.78, 5) is 38.8. The summed E-state index contributed by atoms with van der Waals surface area (Å²) >= 11 is 3.45. The maximum Gasteiger partial charge on any atom is 0.275 e. The maximum absolute atomic E-state index is 13.7. The van der Waals surface area contributed by atoms with E-state index >= 15 is 0 Å². The highest BCUT2D eigenvalue weighted by Crippen LogP contribution is 2.29. The Bertz CT molecular complexity index is 1880. The normalized spacial score (nSPS) is 17.0. The number of nitrogens with one attached hydrogen (secondary N) is 3. The molecule has 3 N–H and O–H groups in total. The van der Waals surface area contributed by atoms with E-state index in [1.54, 1.807) is 4.68 Å². The molecule has 47 heavy (non-hydrogen) atoms. The predicted octanol–water partition coefficient (Wildman–Crippen LogP) is 6.86. The molecule has 1 fully saturated rings. The number of carbonyl (C=O) groups excluding carboxylic acids is 1. The highest BCUT2D eigenvalue weighted by Gasteiger charge is 2.27. The van der Waals surface area contributed by atoms with Crippen molar-refractivity contribution in [2.75, 3.05) is 37.4 Å². The number of fused-ring (bicyclic) bond motifs is 1. The van der Waals surface area contributed by atoms with Crippen LogP contribution in [0.15, 0.2) is 88.1 Å². The number of anilines is 2. The Kier molecular flexibility index (Phi) is 10.2. The third-order valence-electron chi connectivity index (χ3n) is 9.15. The third kappa shape index (κ3) is 7.66. The maximum atomic E-state index is 13.7. The van der Waals surface area contributed by atoms with Gasteiger partial charge in [0.05, 0.1) is 11.2 Å². The van der Waals surface area contributed by atoms with Crippen LogP contribution in [0.5, 0.6) is 0 Å². The highest BCUT2D eigenvalue weighted by atomic mass is 79.9. The van der Waals surface area contributed by atoms with Gasteiger partial charge >= 0.3 is 0 Å². The summed E-state index contributed by atoms with van der Waals surface area (Å²) < 4.78 is 2.50. The molecule has 244 valence electrons. The largest absolute Gasteiger partial charge is 0.362 e. The lowest BCUT2D eigenvalue weighted by Crippen LogP contribution is -2.34. The number of benzene rings is 3. The molecule has 5 aromatic rings. The Hall–Kier alpha value is -4.28. The molecule has 10 heteroatoms. The second-order valence-electron chi connectivity index (χ2n) is 12.8. The molecule has 6 rings (SSSR count). The van der Waals surface area contributed by atoms with E-state index in [-0.39, 0.29) is 23.7 Å². The van der Waals surface area contributed by atoms with E-state index in [1.165, 1.54) is 0 Å². The molecule has 1 aliphatic carbocycles. The fraction of sp³-hybridized carbons (Fsp3) is 0.351. The minimum absolute atomic E-state index is 0.0236. The van der Waals surface area contributed by atoms with E-state index in [0.29, 0.717) is 35.6 Å². The van der Waals surface area contributed by atoms with E-state index in [2.05, 4.69) is 37.7 Å². The summed E-state index contributed by atoms with van der Waals surface area (Å²) in [6.45, 7) is 3.30. The average Bonchev–Trinajstić information content (AvgIpc) is 3.38. The van der Waals surface area contributed by atoms with Gasteiger partial charge in [-0.25, -0.2) is 9.67 Å². The topological polar surface area (TPSA) is 108 Å². The molecule has 1 aliphatic rings. The van der Waals surface area contributed by atoms with Gasteiger partial charge in [0.2, 0.25) is 5.95 Å². The first kappa shape index (κ1) is 32.7. The van der Waals surface area contributed by atoms with Crippen LogP contribution in [0, 0.1) is 12.8 Å². The third-order valence-corrected chi connectivity index (χ3v) is 9.68. The van der Waals surface area contributed by atoms with E-state index in [4.69, 9.17) is 9.97 Å². The van der Waals surface area contributed by atoms with Gasteiger partial charge in [-0.3, -0.25) is 14.7 Å². The van der Waals surface area contributed by atoms with Crippen LogP contribution >= 0.6 is 15.9 Å². The molecule has 0 amide bonds. The predicted molar refractivity (Wildman–Crippen MR) is 193 cm³/mol. The van der Waals surface area contributed by atoms with Crippen molar-refractivity contribution in [1.29, 1.82) is 0 Å². The van der Waals surface area contributed by atoms with Crippen molar-refractivity contribution in [3.05, 3.63) is 111 Å². The number of nitrogens with zero attached hydrogens (tertiary/aromatic N) is 4. The fourth-order valence-corrected chi connectivity index (χ4v) is 6.94. The number of Topliss-reactive ketones (excluding diaryl/α,β-unsaturated/α-hetero) is 1. The van der Waals surface area contributed by atoms with Crippen LogP contribution in [-0.4, -0.2) is 58.8 Å². The molecule has 3 aromatic carbocycles. The Labute approximate surface area is 283 Å². The molecular formula is C37H42BrN7O2. The Morgan fingerprint density at radius 3 is 2.40 bits per heavy atom. The van der Waals surface area contributed by atoms with Crippen molar-refractivity contribution in [2.45, 2.75) is 51.0 Å². The van der Waals surface area contributed by atoms with E-state index in [0.717, 1.165) is 64.8 Å². The van der Waals surface area contributed by atoms with Gasteiger partial charge in [0, 0.05) is 65.7 Å². The highest BCUT2D eigenvalue weighted by molar-refractivity contribution is 9.10. The number of aromatic nitrogens is 4. The van der Waals surface area contributed by atoms with Crippen LogP contribution in [0.3, 0.4) is 0 Å². The van der Waals surface area contributed by atoms with E-state index < -0.39 is 0 Å². The van der Waals surface area contributed by atoms with Gasteiger partial charge in [-0.1, -0.05) is 58.4 Å². The van der Waals surface area contributed by atoms with Crippen molar-refractivity contribution < 1.29 is 4.79 Å². The van der Waals surface area contributed by atoms with Crippen molar-refractivity contribution in [1.82, 2.24) is 25.1 Å². The Balaban J connectivity index is 1.10. The van der Waals surface area contributed by atoms with E-state index in [1.807, 2.05) is 98.7 Å². The lowest BCUT2D eigenvalue weighted by Gasteiger charge is -2.30. The number of hydrogen-bond acceptors (Lipinski definition) is 7. The Morgan fingerprint density at radius 1 is 0.979 bits per heavy atom. The van der Waals surface area contributed by atoms with Gasteiger partial charge in [0.15, 0.2) is 5.78 Å². The molecule has 1 atom stereocenters. The van der Waals surface area contributed by atoms with Crippen molar-refractivity contribution in [3.8, 4) is 5.69 Å². The number of aryl methyl sites for hydroxylation is 1. The molecule has 2 heterocycles. The van der Waals surface area contributed by atoms with Crippen LogP contribution in [-0.2, 0) is 0 Å². The van der Waals surface area contributed by atoms with Crippen LogP contribution in [0.1, 0.15) is 59.6 Å². The van der Waals surface area contributed by atoms with Gasteiger partial charge in [-0.05, 0) is 81.5 Å². The zero-order chi connectivity index (χ0) is 32.9. The standard InChI is InChI=1S/C37H42BrN7O2/c1-24-34(36(47)45(43-24)30-9-5-4-6-10-30)27(21-33(46)26-15-17-28(38)18-16-26)23-39-22-25-13-19-29(20-14-25)40-37-41-32-12-8-7-11-31(32)35(42-37)44(2)3/h4-12,15-18,25,27,29,39,43H,13-14,19-23H2,1-3H3,(H,40,41,42). The summed E-state index contributed by atoms with van der Waals surface area (Å²) in [5.41, 5.74) is 3.70. The molecule has 0 bridgehead atoms.